The Kier molecular flexibility index (Phi) is 5.33. The number of aromatic nitrogens is 2. The van der Waals surface area contributed by atoms with Crippen molar-refractivity contribution in [1.29, 1.82) is 0 Å². The van der Waals surface area contributed by atoms with Crippen molar-refractivity contribution in [2.45, 2.75) is 25.9 Å². The van der Waals surface area contributed by atoms with Gasteiger partial charge >= 0.3 is 0 Å². The van der Waals surface area contributed by atoms with E-state index in [9.17, 15) is 9.59 Å². The number of para-hydroxylation sites is 1. The summed E-state index contributed by atoms with van der Waals surface area (Å²) < 4.78 is 6.99. The second kappa shape index (κ2) is 8.43. The van der Waals surface area contributed by atoms with E-state index in [0.29, 0.717) is 11.1 Å². The lowest BCUT2D eigenvalue weighted by Crippen LogP contribution is -2.35. The number of hydrogen-bond acceptors (Lipinski definition) is 5. The van der Waals surface area contributed by atoms with Crippen molar-refractivity contribution in [1.82, 2.24) is 14.9 Å². The molecule has 0 fully saturated rings. The average molecular weight is 444 g/mol. The summed E-state index contributed by atoms with van der Waals surface area (Å²) in [5.41, 5.74) is 3.13. The normalized spacial score (nSPS) is 12.3. The van der Waals surface area contributed by atoms with Gasteiger partial charge in [-0.3, -0.25) is 14.2 Å². The van der Waals surface area contributed by atoms with Gasteiger partial charge in [0.15, 0.2) is 0 Å². The van der Waals surface area contributed by atoms with E-state index < -0.39 is 0 Å². The maximum atomic E-state index is 13.0. The number of nitrogens with zero attached hydrogens (tertiary/aromatic N) is 2. The van der Waals surface area contributed by atoms with Crippen molar-refractivity contribution in [2.75, 3.05) is 0 Å². The van der Waals surface area contributed by atoms with E-state index in [1.807, 2.05) is 47.8 Å². The number of rotatable bonds is 6. The molecule has 0 bridgehead atoms. The number of aryl methyl sites for hydroxylation is 1. The van der Waals surface area contributed by atoms with E-state index in [1.165, 1.54) is 16.5 Å². The maximum Gasteiger partial charge on any atom is 0.297 e. The van der Waals surface area contributed by atoms with Gasteiger partial charge in [-0.05, 0) is 41.1 Å². The lowest BCUT2D eigenvalue weighted by atomic mass is 10.0. The molecular weight excluding hydrogens is 422 g/mol. The Morgan fingerprint density at radius 3 is 2.69 bits per heavy atom. The summed E-state index contributed by atoms with van der Waals surface area (Å²) in [6.07, 6.45) is 2.36. The zero-order chi connectivity index (χ0) is 22.1. The Hall–Kier alpha value is -3.71. The van der Waals surface area contributed by atoms with Crippen LogP contribution in [0.4, 0.5) is 0 Å². The molecule has 32 heavy (non-hydrogen) atoms. The third-order valence-corrected chi connectivity index (χ3v) is 6.46. The van der Waals surface area contributed by atoms with E-state index in [2.05, 4.69) is 29.4 Å². The van der Waals surface area contributed by atoms with Gasteiger partial charge in [-0.25, -0.2) is 4.98 Å². The predicted molar refractivity (Wildman–Crippen MR) is 126 cm³/mol. The molecule has 0 spiro atoms. The molecule has 0 aliphatic rings. The van der Waals surface area contributed by atoms with Gasteiger partial charge in [-0.2, -0.15) is 0 Å². The molecule has 0 aliphatic carbocycles. The molecule has 5 aromatic rings. The van der Waals surface area contributed by atoms with Gasteiger partial charge < -0.3 is 9.73 Å². The Morgan fingerprint density at radius 1 is 1.12 bits per heavy atom. The minimum absolute atomic E-state index is 0.145. The van der Waals surface area contributed by atoms with E-state index >= 15 is 0 Å². The molecule has 1 amide bonds. The molecule has 0 saturated heterocycles. The molecule has 6 nitrogen and oxygen atoms in total. The molecule has 1 unspecified atom stereocenters. The minimum atomic E-state index is -0.374. The average Bonchev–Trinajstić information content (AvgIpc) is 3.48. The standard InChI is InChI=1S/C25H21N3O3S/c1-2-16-9-11-17(12-10-16)22(20-8-5-13-32-20)27-21(29)14-28-15-26-23-18-6-3-4-7-19(18)31-24(23)25(28)30/h3-13,15,22H,2,14H2,1H3,(H,27,29). The van der Waals surface area contributed by atoms with Gasteiger partial charge in [0.1, 0.15) is 17.6 Å². The Balaban J connectivity index is 1.43. The molecule has 7 heteroatoms. The number of carbonyl (C=O) groups excluding carboxylic acids is 1. The van der Waals surface area contributed by atoms with Crippen molar-refractivity contribution in [3.8, 4) is 0 Å². The van der Waals surface area contributed by atoms with Crippen LogP contribution in [0, 0.1) is 0 Å². The summed E-state index contributed by atoms with van der Waals surface area (Å²) in [4.78, 5) is 31.3. The van der Waals surface area contributed by atoms with Crippen LogP contribution in [0.3, 0.4) is 0 Å². The fraction of sp³-hybridized carbons (Fsp3) is 0.160. The highest BCUT2D eigenvalue weighted by molar-refractivity contribution is 7.10. The first kappa shape index (κ1) is 20.2. The molecular formula is C25H21N3O3S. The van der Waals surface area contributed by atoms with Gasteiger partial charge in [0, 0.05) is 10.3 Å². The quantitative estimate of drug-likeness (QED) is 0.414. The van der Waals surface area contributed by atoms with E-state index in [4.69, 9.17) is 4.42 Å². The van der Waals surface area contributed by atoms with Crippen LogP contribution in [0.25, 0.3) is 22.1 Å². The highest BCUT2D eigenvalue weighted by atomic mass is 32.1. The highest BCUT2D eigenvalue weighted by Gasteiger charge is 2.20. The fourth-order valence-electron chi connectivity index (χ4n) is 3.81. The van der Waals surface area contributed by atoms with Crippen molar-refractivity contribution in [3.05, 3.63) is 98.7 Å². The van der Waals surface area contributed by atoms with Crippen LogP contribution in [0.15, 0.2) is 81.6 Å². The smallest absolute Gasteiger partial charge is 0.297 e. The molecule has 1 N–H and O–H groups in total. The summed E-state index contributed by atoms with van der Waals surface area (Å²) in [7, 11) is 0. The molecule has 2 aromatic carbocycles. The van der Waals surface area contributed by atoms with Crippen molar-refractivity contribution in [2.24, 2.45) is 0 Å². The molecule has 160 valence electrons. The van der Waals surface area contributed by atoms with Crippen LogP contribution in [0.5, 0.6) is 0 Å². The van der Waals surface area contributed by atoms with Crippen molar-refractivity contribution in [3.63, 3.8) is 0 Å². The molecule has 3 heterocycles. The summed E-state index contributed by atoms with van der Waals surface area (Å²) in [5.74, 6) is -0.276. The van der Waals surface area contributed by atoms with Gasteiger partial charge in [-0.15, -0.1) is 11.3 Å². The molecule has 0 aliphatic heterocycles. The zero-order valence-corrected chi connectivity index (χ0v) is 18.3. The summed E-state index contributed by atoms with van der Waals surface area (Å²) in [6.45, 7) is 1.96. The number of thiophene rings is 1. The second-order valence-corrected chi connectivity index (χ2v) is 8.54. The Morgan fingerprint density at radius 2 is 1.94 bits per heavy atom. The first-order chi connectivity index (χ1) is 15.6. The lowest BCUT2D eigenvalue weighted by Gasteiger charge is -2.19. The van der Waals surface area contributed by atoms with Gasteiger partial charge in [0.05, 0.1) is 12.4 Å². The van der Waals surface area contributed by atoms with Crippen LogP contribution in [0.1, 0.15) is 29.0 Å². The van der Waals surface area contributed by atoms with Crippen LogP contribution < -0.4 is 10.9 Å². The topological polar surface area (TPSA) is 77.1 Å². The Bertz CT molecular complexity index is 1450. The number of amides is 1. The monoisotopic (exact) mass is 443 g/mol. The summed E-state index contributed by atoms with van der Waals surface area (Å²) in [5, 5.41) is 5.84. The number of carbonyl (C=O) groups is 1. The van der Waals surface area contributed by atoms with E-state index in [-0.39, 0.29) is 29.6 Å². The molecule has 0 radical (unpaired) electrons. The van der Waals surface area contributed by atoms with Gasteiger partial charge in [-0.1, -0.05) is 49.4 Å². The molecule has 5 rings (SSSR count). The summed E-state index contributed by atoms with van der Waals surface area (Å²) in [6, 6.07) is 19.3. The van der Waals surface area contributed by atoms with Crippen LogP contribution in [-0.4, -0.2) is 15.5 Å². The fourth-order valence-corrected chi connectivity index (χ4v) is 4.61. The first-order valence-corrected chi connectivity index (χ1v) is 11.3. The largest absolute Gasteiger partial charge is 0.448 e. The van der Waals surface area contributed by atoms with Crippen molar-refractivity contribution >= 4 is 39.3 Å². The lowest BCUT2D eigenvalue weighted by molar-refractivity contribution is -0.122. The number of hydrogen-bond donors (Lipinski definition) is 1. The number of nitrogens with one attached hydrogen (secondary N) is 1. The van der Waals surface area contributed by atoms with Gasteiger partial charge in [0.2, 0.25) is 11.5 Å². The third kappa shape index (κ3) is 3.71. The number of furan rings is 1. The zero-order valence-electron chi connectivity index (χ0n) is 17.4. The summed E-state index contributed by atoms with van der Waals surface area (Å²) >= 11 is 1.58. The van der Waals surface area contributed by atoms with Crippen LogP contribution in [0.2, 0.25) is 0 Å². The Labute approximate surface area is 188 Å². The van der Waals surface area contributed by atoms with Crippen molar-refractivity contribution < 1.29 is 9.21 Å². The number of benzene rings is 2. The molecule has 3 aromatic heterocycles. The van der Waals surface area contributed by atoms with E-state index in [1.54, 1.807) is 17.4 Å². The molecule has 0 saturated carbocycles. The van der Waals surface area contributed by atoms with Crippen LogP contribution in [-0.2, 0) is 17.8 Å². The number of fused-ring (bicyclic) bond motifs is 3. The van der Waals surface area contributed by atoms with E-state index in [0.717, 1.165) is 22.2 Å². The first-order valence-electron chi connectivity index (χ1n) is 10.4. The predicted octanol–water partition coefficient (Wildman–Crippen LogP) is 4.67. The minimum Gasteiger partial charge on any atom is -0.448 e. The SMILES string of the molecule is CCc1ccc(C(NC(=O)Cn2cnc3c(oc4ccccc43)c2=O)c2cccs2)cc1. The van der Waals surface area contributed by atoms with Gasteiger partial charge in [0.25, 0.3) is 5.56 Å². The molecule has 1 atom stereocenters. The van der Waals surface area contributed by atoms with Crippen LogP contribution >= 0.6 is 11.3 Å². The second-order valence-electron chi connectivity index (χ2n) is 7.56. The third-order valence-electron chi connectivity index (χ3n) is 5.52. The maximum absolute atomic E-state index is 13.0. The highest BCUT2D eigenvalue weighted by Crippen LogP contribution is 2.27.